The molecule has 10 atom stereocenters. The quantitative estimate of drug-likeness (QED) is 0.176. The zero-order valence-corrected chi connectivity index (χ0v) is 23.5. The second-order valence-electron chi connectivity index (χ2n) is 9.98. The molecule has 7 rings (SSSR count). The first-order chi connectivity index (χ1) is 20.5. The van der Waals surface area contributed by atoms with Crippen molar-refractivity contribution in [3.05, 3.63) is 53.6 Å². The summed E-state index contributed by atoms with van der Waals surface area (Å²) in [6.45, 7) is -1.52. The summed E-state index contributed by atoms with van der Waals surface area (Å²) in [7, 11) is -9.95. The summed E-state index contributed by atoms with van der Waals surface area (Å²) < 4.78 is 61.3. The number of phosphoric ester groups is 2. The third-order valence-corrected chi connectivity index (χ3v) is 9.30. The highest BCUT2D eigenvalue weighted by Gasteiger charge is 2.53. The van der Waals surface area contributed by atoms with E-state index < -0.39 is 83.5 Å². The van der Waals surface area contributed by atoms with Gasteiger partial charge in [0.05, 0.1) is 43.2 Å². The lowest BCUT2D eigenvalue weighted by Gasteiger charge is -2.27. The maximum atomic E-state index is 13.0. The van der Waals surface area contributed by atoms with Crippen LogP contribution in [0.2, 0.25) is 0 Å². The number of nitrogens with one attached hydrogen (secondary N) is 1. The Balaban J connectivity index is 1.17. The molecule has 3 saturated heterocycles. The van der Waals surface area contributed by atoms with Gasteiger partial charge in [0, 0.05) is 0 Å². The maximum absolute atomic E-state index is 13.0. The molecule has 6 unspecified atom stereocenters. The van der Waals surface area contributed by atoms with E-state index in [2.05, 4.69) is 19.9 Å². The first kappa shape index (κ1) is 28.8. The molecule has 43 heavy (non-hydrogen) atoms. The van der Waals surface area contributed by atoms with Crippen LogP contribution in [0.1, 0.15) is 12.5 Å². The Morgan fingerprint density at radius 1 is 0.837 bits per heavy atom. The van der Waals surface area contributed by atoms with Gasteiger partial charge in [0.1, 0.15) is 36.6 Å². The molecule has 3 fully saturated rings. The van der Waals surface area contributed by atoms with Crippen LogP contribution in [-0.2, 0) is 36.7 Å². The summed E-state index contributed by atoms with van der Waals surface area (Å²) in [6, 6.07) is 6.95. The molecular formula is C22H24N6O13P2. The van der Waals surface area contributed by atoms with Crippen molar-refractivity contribution >= 4 is 37.8 Å². The maximum Gasteiger partial charge on any atom is 0.472 e. The fourth-order valence-corrected chi connectivity index (χ4v) is 7.29. The van der Waals surface area contributed by atoms with Gasteiger partial charge in [-0.25, -0.2) is 24.1 Å². The first-order valence-electron chi connectivity index (χ1n) is 12.8. The molecule has 0 spiro atoms. The number of aromatic amines is 1. The van der Waals surface area contributed by atoms with Gasteiger partial charge in [0.15, 0.2) is 23.6 Å². The third kappa shape index (κ3) is 5.16. The van der Waals surface area contributed by atoms with E-state index in [1.165, 1.54) is 15.5 Å². The molecule has 3 aliphatic heterocycles. The summed E-state index contributed by atoms with van der Waals surface area (Å²) in [5.41, 5.74) is 0.541. The van der Waals surface area contributed by atoms with Gasteiger partial charge in [-0.15, -0.1) is 0 Å². The molecule has 19 nitrogen and oxygen atoms in total. The van der Waals surface area contributed by atoms with Crippen LogP contribution < -0.4 is 5.56 Å². The molecule has 3 aliphatic rings. The van der Waals surface area contributed by atoms with Gasteiger partial charge in [-0.3, -0.25) is 27.5 Å². The molecule has 6 heterocycles. The fourth-order valence-electron chi connectivity index (χ4n) is 5.36. The fraction of sp³-hybridized carbons (Fsp3) is 0.455. The number of aromatic nitrogens is 6. The van der Waals surface area contributed by atoms with Crippen molar-refractivity contribution in [3.8, 4) is 0 Å². The lowest BCUT2D eigenvalue weighted by molar-refractivity contribution is -0.0663. The van der Waals surface area contributed by atoms with Crippen molar-refractivity contribution in [1.82, 2.24) is 29.1 Å². The molecule has 4 aromatic rings. The zero-order valence-electron chi connectivity index (χ0n) is 21.7. The Morgan fingerprint density at radius 2 is 1.42 bits per heavy atom. The highest BCUT2D eigenvalue weighted by atomic mass is 31.2. The molecular weight excluding hydrogens is 618 g/mol. The van der Waals surface area contributed by atoms with E-state index >= 15 is 0 Å². The molecule has 0 aliphatic carbocycles. The molecule has 230 valence electrons. The lowest BCUT2D eigenvalue weighted by Crippen LogP contribution is -2.39. The Kier molecular flexibility index (Phi) is 7.13. The SMILES string of the molecule is O=c1[nH]cnc2c1ncn2[C@@H]1O[C@@H]2COP(=O)(O)OC3C(O)[C@H](n4cnc5ccccc54)O[C@@H]3COP(=O)(O)OC2C1O. The number of aliphatic hydroxyl groups is 2. The van der Waals surface area contributed by atoms with Crippen molar-refractivity contribution in [2.45, 2.75) is 49.1 Å². The number of aliphatic hydroxyl groups excluding tert-OH is 2. The van der Waals surface area contributed by atoms with Crippen molar-refractivity contribution in [1.29, 1.82) is 0 Å². The largest absolute Gasteiger partial charge is 0.472 e. The predicted molar refractivity (Wildman–Crippen MR) is 139 cm³/mol. The Morgan fingerprint density at radius 3 is 2.07 bits per heavy atom. The number of nitrogens with zero attached hydrogens (tertiary/aromatic N) is 5. The van der Waals surface area contributed by atoms with E-state index in [9.17, 15) is 33.9 Å². The first-order valence-corrected chi connectivity index (χ1v) is 15.8. The number of benzene rings is 1. The van der Waals surface area contributed by atoms with E-state index in [1.807, 2.05) is 0 Å². The highest BCUT2D eigenvalue weighted by molar-refractivity contribution is 7.47. The number of hydrogen-bond acceptors (Lipinski definition) is 14. The summed E-state index contributed by atoms with van der Waals surface area (Å²) in [6.07, 6.45) is -8.19. The topological polar surface area (TPSA) is 252 Å². The van der Waals surface area contributed by atoms with E-state index in [4.69, 9.17) is 27.6 Å². The van der Waals surface area contributed by atoms with Crippen LogP contribution in [0, 0.1) is 0 Å². The van der Waals surface area contributed by atoms with Gasteiger partial charge < -0.3 is 39.0 Å². The smallest absolute Gasteiger partial charge is 0.386 e. The van der Waals surface area contributed by atoms with Crippen LogP contribution in [0.25, 0.3) is 22.2 Å². The van der Waals surface area contributed by atoms with Gasteiger partial charge in [0.25, 0.3) is 5.56 Å². The van der Waals surface area contributed by atoms with Crippen LogP contribution >= 0.6 is 15.6 Å². The van der Waals surface area contributed by atoms with Gasteiger partial charge in [-0.05, 0) is 12.1 Å². The number of para-hydroxylation sites is 2. The number of H-pyrrole nitrogens is 1. The Labute approximate surface area is 239 Å². The number of hydrogen-bond donors (Lipinski definition) is 5. The zero-order chi connectivity index (χ0) is 30.1. The Bertz CT molecular complexity index is 1830. The number of phosphoric acid groups is 2. The van der Waals surface area contributed by atoms with Crippen LogP contribution in [0.4, 0.5) is 0 Å². The molecule has 3 aromatic heterocycles. The molecule has 5 N–H and O–H groups in total. The van der Waals surface area contributed by atoms with Gasteiger partial charge in [0.2, 0.25) is 0 Å². The van der Waals surface area contributed by atoms with E-state index in [0.29, 0.717) is 11.0 Å². The number of fused-ring (bicyclic) bond motifs is 4. The molecule has 0 amide bonds. The number of ether oxygens (including phenoxy) is 2. The minimum absolute atomic E-state index is 0.0183. The summed E-state index contributed by atoms with van der Waals surface area (Å²) in [5, 5.41) is 22.2. The van der Waals surface area contributed by atoms with Crippen LogP contribution in [0.3, 0.4) is 0 Å². The van der Waals surface area contributed by atoms with Crippen LogP contribution in [0.5, 0.6) is 0 Å². The number of rotatable bonds is 2. The number of imidazole rings is 2. The van der Waals surface area contributed by atoms with Crippen molar-refractivity contribution < 1.29 is 56.7 Å². The second-order valence-corrected chi connectivity index (χ2v) is 12.8. The minimum atomic E-state index is -4.98. The van der Waals surface area contributed by atoms with Crippen LogP contribution in [0.15, 0.2) is 48.0 Å². The van der Waals surface area contributed by atoms with E-state index in [1.54, 1.807) is 24.3 Å². The molecule has 1 aromatic carbocycles. The van der Waals surface area contributed by atoms with Crippen molar-refractivity contribution in [2.75, 3.05) is 13.2 Å². The van der Waals surface area contributed by atoms with E-state index in [0.717, 1.165) is 12.7 Å². The van der Waals surface area contributed by atoms with Gasteiger partial charge in [-0.1, -0.05) is 12.1 Å². The van der Waals surface area contributed by atoms with E-state index in [-0.39, 0.29) is 11.2 Å². The van der Waals surface area contributed by atoms with Crippen molar-refractivity contribution in [2.24, 2.45) is 0 Å². The standard InChI is InChI=1S/C22H24N6O13P2/c29-15-17-12(38-21(15)27-8-25-10-3-1-2-4-11(10)27)5-36-43(34,35)41-18-13(6-37-42(32,33)40-17)39-22(16(18)30)28-9-26-14-19(28)23-7-24-20(14)31/h1-4,7-9,12-13,15-18,21-22,29-30H,5-6H2,(H,32,33)(H,34,35)(H,23,24,31)/t12-,13-,15?,16?,17?,18?,21-,22-/m1/s1. The normalized spacial score (nSPS) is 38.9. The molecule has 21 heteroatoms. The summed E-state index contributed by atoms with van der Waals surface area (Å²) >= 11 is 0. The summed E-state index contributed by atoms with van der Waals surface area (Å²) in [5.74, 6) is 0. The minimum Gasteiger partial charge on any atom is -0.386 e. The Hall–Kier alpha value is -2.90. The monoisotopic (exact) mass is 642 g/mol. The lowest BCUT2D eigenvalue weighted by atomic mass is 10.1. The second kappa shape index (κ2) is 10.6. The predicted octanol–water partition coefficient (Wildman–Crippen LogP) is -0.296. The average Bonchev–Trinajstić information content (AvgIpc) is 3.72. The van der Waals surface area contributed by atoms with Gasteiger partial charge in [-0.2, -0.15) is 0 Å². The molecule has 0 radical (unpaired) electrons. The third-order valence-electron chi connectivity index (χ3n) is 7.33. The molecule has 0 saturated carbocycles. The highest BCUT2D eigenvalue weighted by Crippen LogP contribution is 2.53. The summed E-state index contributed by atoms with van der Waals surface area (Å²) in [4.78, 5) is 47.8. The van der Waals surface area contributed by atoms with Gasteiger partial charge >= 0.3 is 15.6 Å². The molecule has 0 bridgehead atoms. The van der Waals surface area contributed by atoms with Crippen LogP contribution in [-0.4, -0.2) is 98.9 Å². The van der Waals surface area contributed by atoms with Crippen molar-refractivity contribution in [3.63, 3.8) is 0 Å². The average molecular weight is 642 g/mol.